The van der Waals surface area contributed by atoms with Crippen LogP contribution >= 0.6 is 0 Å². The number of rotatable bonds is 5. The van der Waals surface area contributed by atoms with Crippen molar-refractivity contribution < 1.29 is 4.74 Å². The molecular weight excluding hydrogens is 174 g/mol. The maximum Gasteiger partial charge on any atom is 0.0590 e. The van der Waals surface area contributed by atoms with Gasteiger partial charge in [-0.1, -0.05) is 20.3 Å². The van der Waals surface area contributed by atoms with Crippen molar-refractivity contribution in [2.75, 3.05) is 19.8 Å². The van der Waals surface area contributed by atoms with E-state index in [1.807, 2.05) is 6.92 Å². The van der Waals surface area contributed by atoms with E-state index < -0.39 is 0 Å². The van der Waals surface area contributed by atoms with Crippen LogP contribution in [0, 0.1) is 11.8 Å². The lowest BCUT2D eigenvalue weighted by Crippen LogP contribution is -2.44. The van der Waals surface area contributed by atoms with Gasteiger partial charge in [0.05, 0.1) is 6.61 Å². The highest BCUT2D eigenvalue weighted by Crippen LogP contribution is 2.28. The molecule has 0 bridgehead atoms. The molecule has 1 saturated carbocycles. The molecule has 0 aliphatic heterocycles. The SMILES string of the molecule is CCOCCNC1[C@@H](C)CCC[C@@H]1C. The lowest BCUT2D eigenvalue weighted by atomic mass is 9.79. The summed E-state index contributed by atoms with van der Waals surface area (Å²) in [6.45, 7) is 9.48. The third kappa shape index (κ3) is 3.58. The van der Waals surface area contributed by atoms with Crippen molar-refractivity contribution in [2.45, 2.75) is 46.1 Å². The van der Waals surface area contributed by atoms with Gasteiger partial charge < -0.3 is 10.1 Å². The Morgan fingerprint density at radius 1 is 1.21 bits per heavy atom. The Balaban J connectivity index is 2.19. The van der Waals surface area contributed by atoms with E-state index >= 15 is 0 Å². The molecule has 1 fully saturated rings. The summed E-state index contributed by atoms with van der Waals surface area (Å²) in [6.07, 6.45) is 4.18. The lowest BCUT2D eigenvalue weighted by molar-refractivity contribution is 0.133. The highest BCUT2D eigenvalue weighted by atomic mass is 16.5. The average molecular weight is 199 g/mol. The van der Waals surface area contributed by atoms with Crippen LogP contribution in [0.5, 0.6) is 0 Å². The first-order valence-corrected chi connectivity index (χ1v) is 6.06. The Kier molecular flexibility index (Phi) is 5.49. The molecule has 0 spiro atoms. The summed E-state index contributed by atoms with van der Waals surface area (Å²) in [6, 6.07) is 0.712. The maximum absolute atomic E-state index is 5.33. The van der Waals surface area contributed by atoms with Gasteiger partial charge in [0.2, 0.25) is 0 Å². The molecule has 2 heteroatoms. The molecule has 0 aromatic carbocycles. The molecule has 2 atom stereocenters. The van der Waals surface area contributed by atoms with E-state index in [9.17, 15) is 0 Å². The van der Waals surface area contributed by atoms with Crippen molar-refractivity contribution in [1.29, 1.82) is 0 Å². The molecule has 14 heavy (non-hydrogen) atoms. The zero-order valence-electron chi connectivity index (χ0n) is 9.88. The minimum atomic E-state index is 0.712. The Morgan fingerprint density at radius 2 is 1.86 bits per heavy atom. The van der Waals surface area contributed by atoms with E-state index in [1.165, 1.54) is 19.3 Å². The summed E-state index contributed by atoms with van der Waals surface area (Å²) >= 11 is 0. The summed E-state index contributed by atoms with van der Waals surface area (Å²) in [5, 5.41) is 3.63. The van der Waals surface area contributed by atoms with E-state index in [0.717, 1.165) is 31.6 Å². The fraction of sp³-hybridized carbons (Fsp3) is 1.00. The zero-order chi connectivity index (χ0) is 10.4. The highest BCUT2D eigenvalue weighted by molar-refractivity contribution is 4.82. The second-order valence-corrected chi connectivity index (χ2v) is 4.56. The quantitative estimate of drug-likeness (QED) is 0.687. The molecule has 0 aromatic rings. The molecule has 1 aliphatic carbocycles. The summed E-state index contributed by atoms with van der Waals surface area (Å²) in [5.74, 6) is 1.67. The second-order valence-electron chi connectivity index (χ2n) is 4.56. The third-order valence-electron chi connectivity index (χ3n) is 3.38. The molecule has 0 amide bonds. The molecule has 0 saturated heterocycles. The monoisotopic (exact) mass is 199 g/mol. The van der Waals surface area contributed by atoms with Gasteiger partial charge in [-0.2, -0.15) is 0 Å². The molecule has 0 radical (unpaired) electrons. The molecule has 1 N–H and O–H groups in total. The average Bonchev–Trinajstić information content (AvgIpc) is 2.16. The molecule has 2 nitrogen and oxygen atoms in total. The fourth-order valence-corrected chi connectivity index (χ4v) is 2.53. The third-order valence-corrected chi connectivity index (χ3v) is 3.38. The number of nitrogens with one attached hydrogen (secondary N) is 1. The Morgan fingerprint density at radius 3 is 2.43 bits per heavy atom. The summed E-state index contributed by atoms with van der Waals surface area (Å²) in [7, 11) is 0. The van der Waals surface area contributed by atoms with Gasteiger partial charge >= 0.3 is 0 Å². The fourth-order valence-electron chi connectivity index (χ4n) is 2.53. The van der Waals surface area contributed by atoms with Crippen molar-refractivity contribution >= 4 is 0 Å². The smallest absolute Gasteiger partial charge is 0.0590 e. The van der Waals surface area contributed by atoms with E-state index in [2.05, 4.69) is 19.2 Å². The van der Waals surface area contributed by atoms with E-state index in [0.29, 0.717) is 6.04 Å². The van der Waals surface area contributed by atoms with Crippen LogP contribution in [0.4, 0.5) is 0 Å². The van der Waals surface area contributed by atoms with Crippen molar-refractivity contribution in [3.05, 3.63) is 0 Å². The summed E-state index contributed by atoms with van der Waals surface area (Å²) < 4.78 is 5.33. The number of hydrogen-bond donors (Lipinski definition) is 1. The molecule has 1 aliphatic rings. The Bertz CT molecular complexity index is 139. The first-order chi connectivity index (χ1) is 6.75. The molecule has 84 valence electrons. The van der Waals surface area contributed by atoms with Gasteiger partial charge in [-0.15, -0.1) is 0 Å². The topological polar surface area (TPSA) is 21.3 Å². The van der Waals surface area contributed by atoms with Crippen LogP contribution in [0.2, 0.25) is 0 Å². The largest absolute Gasteiger partial charge is 0.380 e. The van der Waals surface area contributed by atoms with Gasteiger partial charge in [-0.25, -0.2) is 0 Å². The van der Waals surface area contributed by atoms with Crippen LogP contribution in [0.3, 0.4) is 0 Å². The standard InChI is InChI=1S/C12H25NO/c1-4-14-9-8-13-12-10(2)6-5-7-11(12)3/h10-13H,4-9H2,1-3H3/t10-,11-/m0/s1. The van der Waals surface area contributed by atoms with Crippen molar-refractivity contribution in [3.8, 4) is 0 Å². The van der Waals surface area contributed by atoms with Gasteiger partial charge in [0.1, 0.15) is 0 Å². The van der Waals surface area contributed by atoms with Crippen molar-refractivity contribution in [1.82, 2.24) is 5.32 Å². The van der Waals surface area contributed by atoms with Crippen LogP contribution in [0.25, 0.3) is 0 Å². The Labute approximate surface area is 88.4 Å². The predicted molar refractivity (Wildman–Crippen MR) is 60.5 cm³/mol. The first kappa shape index (κ1) is 12.0. The van der Waals surface area contributed by atoms with Crippen LogP contribution in [-0.2, 0) is 4.74 Å². The van der Waals surface area contributed by atoms with Gasteiger partial charge in [-0.05, 0) is 31.6 Å². The highest BCUT2D eigenvalue weighted by Gasteiger charge is 2.26. The molecular formula is C12H25NO. The van der Waals surface area contributed by atoms with Crippen molar-refractivity contribution in [3.63, 3.8) is 0 Å². The van der Waals surface area contributed by atoms with E-state index in [-0.39, 0.29) is 0 Å². The summed E-state index contributed by atoms with van der Waals surface area (Å²) in [5.41, 5.74) is 0. The first-order valence-electron chi connectivity index (χ1n) is 6.06. The van der Waals surface area contributed by atoms with E-state index in [4.69, 9.17) is 4.74 Å². The van der Waals surface area contributed by atoms with Crippen LogP contribution in [0.15, 0.2) is 0 Å². The zero-order valence-corrected chi connectivity index (χ0v) is 9.88. The van der Waals surface area contributed by atoms with Crippen LogP contribution in [0.1, 0.15) is 40.0 Å². The van der Waals surface area contributed by atoms with Crippen molar-refractivity contribution in [2.24, 2.45) is 11.8 Å². The minimum Gasteiger partial charge on any atom is -0.380 e. The predicted octanol–water partition coefficient (Wildman–Crippen LogP) is 2.44. The number of hydrogen-bond acceptors (Lipinski definition) is 2. The van der Waals surface area contributed by atoms with Crippen LogP contribution in [-0.4, -0.2) is 25.8 Å². The molecule has 0 aromatic heterocycles. The molecule has 0 heterocycles. The van der Waals surface area contributed by atoms with Gasteiger partial charge in [-0.3, -0.25) is 0 Å². The summed E-state index contributed by atoms with van der Waals surface area (Å²) in [4.78, 5) is 0. The molecule has 0 unspecified atom stereocenters. The second kappa shape index (κ2) is 6.41. The number of ether oxygens (including phenoxy) is 1. The van der Waals surface area contributed by atoms with E-state index in [1.54, 1.807) is 0 Å². The minimum absolute atomic E-state index is 0.712. The Hall–Kier alpha value is -0.0800. The van der Waals surface area contributed by atoms with Gasteiger partial charge in [0, 0.05) is 19.2 Å². The lowest BCUT2D eigenvalue weighted by Gasteiger charge is -2.35. The normalized spacial score (nSPS) is 29.4. The van der Waals surface area contributed by atoms with Gasteiger partial charge in [0.15, 0.2) is 0 Å². The molecule has 1 rings (SSSR count). The van der Waals surface area contributed by atoms with Gasteiger partial charge in [0.25, 0.3) is 0 Å². The maximum atomic E-state index is 5.33. The van der Waals surface area contributed by atoms with Crippen LogP contribution < -0.4 is 5.32 Å².